The smallest absolute Gasteiger partial charge is 0.303 e. The second kappa shape index (κ2) is 8.00. The molecule has 126 valence electrons. The van der Waals surface area contributed by atoms with Crippen molar-refractivity contribution in [3.8, 4) is 5.75 Å². The third-order valence-corrected chi connectivity index (χ3v) is 4.73. The molecule has 0 aromatic heterocycles. The van der Waals surface area contributed by atoms with Crippen LogP contribution in [0.1, 0.15) is 54.7 Å². The minimum absolute atomic E-state index is 0.175. The van der Waals surface area contributed by atoms with Gasteiger partial charge in [-0.1, -0.05) is 55.3 Å². The summed E-state index contributed by atoms with van der Waals surface area (Å²) in [6.45, 7) is 0.565. The van der Waals surface area contributed by atoms with E-state index in [1.807, 2.05) is 30.3 Å². The van der Waals surface area contributed by atoms with E-state index in [0.717, 1.165) is 16.9 Å². The fourth-order valence-electron chi connectivity index (χ4n) is 3.43. The summed E-state index contributed by atoms with van der Waals surface area (Å²) in [5.41, 5.74) is 3.50. The number of ether oxygens (including phenoxy) is 1. The number of carboxylic acids is 1. The molecule has 0 radical (unpaired) electrons. The first-order chi connectivity index (χ1) is 11.7. The predicted octanol–water partition coefficient (Wildman–Crippen LogP) is 4.94. The number of aryl methyl sites for hydroxylation is 1. The van der Waals surface area contributed by atoms with Crippen LogP contribution < -0.4 is 4.74 Å². The van der Waals surface area contributed by atoms with E-state index in [-0.39, 0.29) is 6.42 Å². The highest BCUT2D eigenvalue weighted by Gasteiger charge is 2.21. The maximum atomic E-state index is 10.8. The van der Waals surface area contributed by atoms with Crippen LogP contribution in [-0.2, 0) is 17.8 Å². The van der Waals surface area contributed by atoms with Gasteiger partial charge in [0.1, 0.15) is 12.4 Å². The number of carboxylic acid groups (broad SMARTS) is 1. The number of benzene rings is 2. The quantitative estimate of drug-likeness (QED) is 0.784. The summed E-state index contributed by atoms with van der Waals surface area (Å²) in [6.07, 6.45) is 5.68. The molecule has 0 saturated heterocycles. The van der Waals surface area contributed by atoms with Gasteiger partial charge in [0, 0.05) is 6.42 Å². The van der Waals surface area contributed by atoms with E-state index in [1.165, 1.54) is 31.2 Å². The molecule has 0 unspecified atom stereocenters. The summed E-state index contributed by atoms with van der Waals surface area (Å²) in [4.78, 5) is 10.8. The standard InChI is InChI=1S/C21H24O3/c22-21(23)13-11-16-10-12-20(19(14-16)18-8-4-5-9-18)24-15-17-6-2-1-3-7-17/h1-3,6-7,10,12,14,18H,4-5,8-9,11,13,15H2,(H,22,23). The first kappa shape index (κ1) is 16.6. The van der Waals surface area contributed by atoms with Crippen LogP contribution in [0.4, 0.5) is 0 Å². The van der Waals surface area contributed by atoms with E-state index >= 15 is 0 Å². The summed E-state index contributed by atoms with van der Waals surface area (Å²) in [5.74, 6) is 0.743. The van der Waals surface area contributed by atoms with Gasteiger partial charge in [0.2, 0.25) is 0 Å². The second-order valence-corrected chi connectivity index (χ2v) is 6.52. The molecular formula is C21H24O3. The zero-order valence-corrected chi connectivity index (χ0v) is 13.9. The normalized spacial score (nSPS) is 14.7. The first-order valence-corrected chi connectivity index (χ1v) is 8.74. The highest BCUT2D eigenvalue weighted by molar-refractivity contribution is 5.67. The van der Waals surface area contributed by atoms with Crippen molar-refractivity contribution in [2.45, 2.75) is 51.0 Å². The molecule has 3 heteroatoms. The molecule has 1 aliphatic rings. The molecule has 0 amide bonds. The van der Waals surface area contributed by atoms with Crippen molar-refractivity contribution >= 4 is 5.97 Å². The van der Waals surface area contributed by atoms with E-state index in [4.69, 9.17) is 9.84 Å². The van der Waals surface area contributed by atoms with Gasteiger partial charge in [-0.2, -0.15) is 0 Å². The Labute approximate surface area is 143 Å². The maximum Gasteiger partial charge on any atom is 0.303 e. The third kappa shape index (κ3) is 4.38. The van der Waals surface area contributed by atoms with Gasteiger partial charge in [-0.3, -0.25) is 4.79 Å². The van der Waals surface area contributed by atoms with Crippen LogP contribution in [0.15, 0.2) is 48.5 Å². The van der Waals surface area contributed by atoms with Crippen LogP contribution in [0.3, 0.4) is 0 Å². The van der Waals surface area contributed by atoms with Gasteiger partial charge in [0.25, 0.3) is 0 Å². The fraction of sp³-hybridized carbons (Fsp3) is 0.381. The van der Waals surface area contributed by atoms with Crippen LogP contribution in [0, 0.1) is 0 Å². The van der Waals surface area contributed by atoms with Crippen molar-refractivity contribution in [3.05, 3.63) is 65.2 Å². The largest absolute Gasteiger partial charge is 0.489 e. The Kier molecular flexibility index (Phi) is 5.52. The highest BCUT2D eigenvalue weighted by atomic mass is 16.5. The number of aliphatic carboxylic acids is 1. The zero-order chi connectivity index (χ0) is 16.8. The van der Waals surface area contributed by atoms with Crippen molar-refractivity contribution in [2.24, 2.45) is 0 Å². The van der Waals surface area contributed by atoms with Gasteiger partial charge in [0.15, 0.2) is 0 Å². The van der Waals surface area contributed by atoms with Gasteiger partial charge in [-0.25, -0.2) is 0 Å². The van der Waals surface area contributed by atoms with Gasteiger partial charge >= 0.3 is 5.97 Å². The Hall–Kier alpha value is -2.29. The third-order valence-electron chi connectivity index (χ3n) is 4.73. The monoisotopic (exact) mass is 324 g/mol. The summed E-state index contributed by atoms with van der Waals surface area (Å²) >= 11 is 0. The van der Waals surface area contributed by atoms with Gasteiger partial charge in [0.05, 0.1) is 0 Å². The van der Waals surface area contributed by atoms with Crippen LogP contribution in [0.5, 0.6) is 5.75 Å². The average molecular weight is 324 g/mol. The minimum Gasteiger partial charge on any atom is -0.489 e. The first-order valence-electron chi connectivity index (χ1n) is 8.74. The number of hydrogen-bond donors (Lipinski definition) is 1. The van der Waals surface area contributed by atoms with Crippen molar-refractivity contribution in [3.63, 3.8) is 0 Å². The minimum atomic E-state index is -0.748. The summed E-state index contributed by atoms with van der Waals surface area (Å²) < 4.78 is 6.10. The number of carbonyl (C=O) groups is 1. The SMILES string of the molecule is O=C(O)CCc1ccc(OCc2ccccc2)c(C2CCCC2)c1. The fourth-order valence-corrected chi connectivity index (χ4v) is 3.43. The van der Waals surface area contributed by atoms with Crippen LogP contribution >= 0.6 is 0 Å². The lowest BCUT2D eigenvalue weighted by atomic mass is 9.94. The van der Waals surface area contributed by atoms with E-state index in [9.17, 15) is 4.79 Å². The van der Waals surface area contributed by atoms with Crippen LogP contribution in [0.2, 0.25) is 0 Å². The lowest BCUT2D eigenvalue weighted by Gasteiger charge is -2.18. The van der Waals surface area contributed by atoms with Crippen molar-refractivity contribution in [1.82, 2.24) is 0 Å². The Bertz CT molecular complexity index is 673. The van der Waals surface area contributed by atoms with Crippen molar-refractivity contribution in [1.29, 1.82) is 0 Å². The van der Waals surface area contributed by atoms with E-state index in [2.05, 4.69) is 18.2 Å². The molecule has 3 rings (SSSR count). The van der Waals surface area contributed by atoms with E-state index < -0.39 is 5.97 Å². The Morgan fingerprint density at radius 2 is 1.79 bits per heavy atom. The zero-order valence-electron chi connectivity index (χ0n) is 13.9. The lowest BCUT2D eigenvalue weighted by Crippen LogP contribution is -2.03. The molecule has 24 heavy (non-hydrogen) atoms. The molecule has 1 aliphatic carbocycles. The van der Waals surface area contributed by atoms with E-state index in [1.54, 1.807) is 0 Å². The number of hydrogen-bond acceptors (Lipinski definition) is 2. The summed E-state index contributed by atoms with van der Waals surface area (Å²) in [5, 5.41) is 8.90. The van der Waals surface area contributed by atoms with Gasteiger partial charge < -0.3 is 9.84 Å². The van der Waals surface area contributed by atoms with Crippen LogP contribution in [0.25, 0.3) is 0 Å². The molecule has 0 spiro atoms. The predicted molar refractivity (Wildman–Crippen MR) is 94.4 cm³/mol. The Morgan fingerprint density at radius 3 is 2.50 bits per heavy atom. The molecule has 0 aliphatic heterocycles. The molecule has 0 bridgehead atoms. The Morgan fingerprint density at radius 1 is 1.04 bits per heavy atom. The van der Waals surface area contributed by atoms with Gasteiger partial charge in [-0.15, -0.1) is 0 Å². The molecule has 0 atom stereocenters. The van der Waals surface area contributed by atoms with Gasteiger partial charge in [-0.05, 0) is 47.9 Å². The molecule has 0 heterocycles. The highest BCUT2D eigenvalue weighted by Crippen LogP contribution is 2.39. The van der Waals surface area contributed by atoms with Crippen LogP contribution in [-0.4, -0.2) is 11.1 Å². The summed E-state index contributed by atoms with van der Waals surface area (Å²) in [6, 6.07) is 16.4. The molecule has 1 saturated carbocycles. The molecule has 2 aromatic carbocycles. The molecule has 2 aromatic rings. The summed E-state index contributed by atoms with van der Waals surface area (Å²) in [7, 11) is 0. The lowest BCUT2D eigenvalue weighted by molar-refractivity contribution is -0.136. The second-order valence-electron chi connectivity index (χ2n) is 6.52. The van der Waals surface area contributed by atoms with E-state index in [0.29, 0.717) is 18.9 Å². The topological polar surface area (TPSA) is 46.5 Å². The van der Waals surface area contributed by atoms with Crippen molar-refractivity contribution in [2.75, 3.05) is 0 Å². The molecule has 1 N–H and O–H groups in total. The van der Waals surface area contributed by atoms with Crippen molar-refractivity contribution < 1.29 is 14.6 Å². The molecule has 3 nitrogen and oxygen atoms in total. The molecule has 1 fully saturated rings. The average Bonchev–Trinajstić information content (AvgIpc) is 3.14. The maximum absolute atomic E-state index is 10.8. The molecular weight excluding hydrogens is 300 g/mol. The Balaban J connectivity index is 1.77. The number of rotatable bonds is 7.